The van der Waals surface area contributed by atoms with Crippen LogP contribution in [0.2, 0.25) is 5.02 Å². The predicted octanol–water partition coefficient (Wildman–Crippen LogP) is 1.87. The van der Waals surface area contributed by atoms with Crippen molar-refractivity contribution in [3.63, 3.8) is 0 Å². The highest BCUT2D eigenvalue weighted by Gasteiger charge is 2.29. The first-order valence-electron chi connectivity index (χ1n) is 8.08. The Kier molecular flexibility index (Phi) is 3.50. The number of halogens is 1. The molecule has 4 rings (SSSR count). The lowest BCUT2D eigenvalue weighted by Gasteiger charge is -2.32. The third-order valence-corrected chi connectivity index (χ3v) is 4.95. The highest BCUT2D eigenvalue weighted by atomic mass is 35.5. The molecular formula is C17H18ClN5O2. The van der Waals surface area contributed by atoms with Crippen LogP contribution in [0.4, 0.5) is 11.6 Å². The van der Waals surface area contributed by atoms with Crippen LogP contribution < -0.4 is 16.1 Å². The van der Waals surface area contributed by atoms with E-state index in [0.717, 1.165) is 16.8 Å². The van der Waals surface area contributed by atoms with Gasteiger partial charge < -0.3 is 9.47 Å². The van der Waals surface area contributed by atoms with E-state index in [9.17, 15) is 9.59 Å². The molecule has 0 bridgehead atoms. The maximum absolute atomic E-state index is 12.7. The van der Waals surface area contributed by atoms with Crippen molar-refractivity contribution in [2.24, 2.45) is 20.0 Å². The molecule has 130 valence electrons. The number of hydrogen-bond acceptors (Lipinski definition) is 4. The van der Waals surface area contributed by atoms with Gasteiger partial charge in [0.25, 0.3) is 5.56 Å². The van der Waals surface area contributed by atoms with Gasteiger partial charge >= 0.3 is 5.69 Å². The zero-order valence-corrected chi connectivity index (χ0v) is 15.0. The Balaban J connectivity index is 2.03. The predicted molar refractivity (Wildman–Crippen MR) is 97.8 cm³/mol. The van der Waals surface area contributed by atoms with E-state index >= 15 is 0 Å². The summed E-state index contributed by atoms with van der Waals surface area (Å²) in [5.41, 5.74) is 1.14. The minimum atomic E-state index is -0.376. The molecule has 0 spiro atoms. The summed E-state index contributed by atoms with van der Waals surface area (Å²) in [5.74, 6) is 0.997. The number of fused-ring (bicyclic) bond motifs is 3. The number of nitrogens with zero attached hydrogens (tertiary/aromatic N) is 5. The molecule has 25 heavy (non-hydrogen) atoms. The fourth-order valence-electron chi connectivity index (χ4n) is 3.42. The fourth-order valence-corrected chi connectivity index (χ4v) is 3.54. The summed E-state index contributed by atoms with van der Waals surface area (Å²) < 4.78 is 4.47. The number of rotatable bonds is 1. The largest absolute Gasteiger partial charge is 0.332 e. The first kappa shape index (κ1) is 16.0. The summed E-state index contributed by atoms with van der Waals surface area (Å²) >= 11 is 6.00. The van der Waals surface area contributed by atoms with Gasteiger partial charge in [0.1, 0.15) is 0 Å². The Labute approximate surface area is 148 Å². The number of benzene rings is 1. The Hall–Kier alpha value is -2.54. The van der Waals surface area contributed by atoms with Gasteiger partial charge in [-0.25, -0.2) is 4.79 Å². The number of hydrogen-bond donors (Lipinski definition) is 0. The van der Waals surface area contributed by atoms with Crippen molar-refractivity contribution in [2.45, 2.75) is 13.5 Å². The zero-order valence-electron chi connectivity index (χ0n) is 14.2. The lowest BCUT2D eigenvalue weighted by Crippen LogP contribution is -2.38. The molecule has 3 aromatic rings. The average molecular weight is 360 g/mol. The first-order chi connectivity index (χ1) is 11.9. The van der Waals surface area contributed by atoms with E-state index in [2.05, 4.69) is 16.8 Å². The standard InChI is InChI=1S/C17H18ClN5O2/c1-10-8-22(12-6-4-11(18)5-7-12)16-19-14-13(23(16)9-10)15(24)21(3)17(25)20(14)2/h4-7,10H,8-9H2,1-3H3/t10-/m0/s1. The monoisotopic (exact) mass is 359 g/mol. The highest BCUT2D eigenvalue weighted by molar-refractivity contribution is 6.30. The third-order valence-electron chi connectivity index (χ3n) is 4.70. The lowest BCUT2D eigenvalue weighted by molar-refractivity contribution is 0.458. The van der Waals surface area contributed by atoms with Crippen LogP contribution in [0, 0.1) is 5.92 Å². The Morgan fingerprint density at radius 1 is 1.08 bits per heavy atom. The molecule has 0 aliphatic carbocycles. The van der Waals surface area contributed by atoms with Crippen molar-refractivity contribution in [3.8, 4) is 0 Å². The van der Waals surface area contributed by atoms with Crippen molar-refractivity contribution in [1.29, 1.82) is 0 Å². The molecule has 0 saturated heterocycles. The molecule has 0 unspecified atom stereocenters. The normalized spacial score (nSPS) is 17.1. The smallest absolute Gasteiger partial charge is 0.312 e. The van der Waals surface area contributed by atoms with Gasteiger partial charge in [-0.3, -0.25) is 13.9 Å². The van der Waals surface area contributed by atoms with E-state index in [-0.39, 0.29) is 11.2 Å². The molecule has 2 aromatic heterocycles. The number of aryl methyl sites for hydroxylation is 1. The summed E-state index contributed by atoms with van der Waals surface area (Å²) in [6.07, 6.45) is 0. The third kappa shape index (κ3) is 2.30. The molecule has 1 aliphatic heterocycles. The summed E-state index contributed by atoms with van der Waals surface area (Å²) in [6, 6.07) is 7.53. The van der Waals surface area contributed by atoms with Crippen LogP contribution in [-0.4, -0.2) is 25.2 Å². The number of imidazole rings is 1. The molecule has 1 aromatic carbocycles. The van der Waals surface area contributed by atoms with E-state index in [0.29, 0.717) is 34.6 Å². The zero-order chi connectivity index (χ0) is 17.9. The van der Waals surface area contributed by atoms with Crippen LogP contribution in [0.25, 0.3) is 11.2 Å². The van der Waals surface area contributed by atoms with Gasteiger partial charge in [0.2, 0.25) is 5.95 Å². The van der Waals surface area contributed by atoms with Crippen molar-refractivity contribution < 1.29 is 0 Å². The minimum absolute atomic E-state index is 0.318. The van der Waals surface area contributed by atoms with E-state index in [1.165, 1.54) is 11.6 Å². The Bertz CT molecular complexity index is 1090. The Morgan fingerprint density at radius 3 is 2.44 bits per heavy atom. The topological polar surface area (TPSA) is 65.1 Å². The molecule has 8 heteroatoms. The molecule has 7 nitrogen and oxygen atoms in total. The fraction of sp³-hybridized carbons (Fsp3) is 0.353. The first-order valence-corrected chi connectivity index (χ1v) is 8.45. The molecule has 1 aliphatic rings. The average Bonchev–Trinajstić information content (AvgIpc) is 2.97. The van der Waals surface area contributed by atoms with Crippen LogP contribution in [-0.2, 0) is 20.6 Å². The van der Waals surface area contributed by atoms with Gasteiger partial charge in [0.15, 0.2) is 11.2 Å². The van der Waals surface area contributed by atoms with Crippen molar-refractivity contribution in [2.75, 3.05) is 11.4 Å². The van der Waals surface area contributed by atoms with Gasteiger partial charge in [0.05, 0.1) is 0 Å². The van der Waals surface area contributed by atoms with Crippen LogP contribution in [0.5, 0.6) is 0 Å². The highest BCUT2D eigenvalue weighted by Crippen LogP contribution is 2.33. The van der Waals surface area contributed by atoms with E-state index in [1.807, 2.05) is 28.8 Å². The van der Waals surface area contributed by atoms with Crippen molar-refractivity contribution >= 4 is 34.4 Å². The van der Waals surface area contributed by atoms with Crippen molar-refractivity contribution in [1.82, 2.24) is 18.7 Å². The van der Waals surface area contributed by atoms with Gasteiger partial charge in [-0.1, -0.05) is 18.5 Å². The van der Waals surface area contributed by atoms with E-state index in [1.54, 1.807) is 7.05 Å². The summed E-state index contributed by atoms with van der Waals surface area (Å²) in [7, 11) is 3.13. The summed E-state index contributed by atoms with van der Waals surface area (Å²) in [6.45, 7) is 3.59. The lowest BCUT2D eigenvalue weighted by atomic mass is 10.1. The van der Waals surface area contributed by atoms with Crippen molar-refractivity contribution in [3.05, 3.63) is 50.1 Å². The molecule has 1 atom stereocenters. The van der Waals surface area contributed by atoms with Gasteiger partial charge in [-0.2, -0.15) is 4.98 Å². The summed E-state index contributed by atoms with van der Waals surface area (Å²) in [4.78, 5) is 31.6. The van der Waals surface area contributed by atoms with Gasteiger partial charge in [0, 0.05) is 37.9 Å². The molecule has 0 radical (unpaired) electrons. The quantitative estimate of drug-likeness (QED) is 0.665. The Morgan fingerprint density at radius 2 is 1.76 bits per heavy atom. The number of anilines is 2. The second kappa shape index (κ2) is 5.49. The minimum Gasteiger partial charge on any atom is -0.312 e. The molecule has 0 fully saturated rings. The molecule has 0 amide bonds. The van der Waals surface area contributed by atoms with Gasteiger partial charge in [-0.05, 0) is 30.2 Å². The number of aromatic nitrogens is 4. The van der Waals surface area contributed by atoms with Crippen LogP contribution in [0.3, 0.4) is 0 Å². The molecular weight excluding hydrogens is 342 g/mol. The SMILES string of the molecule is C[C@H]1CN(c2ccc(Cl)cc2)c2nc3c(c(=O)n(C)c(=O)n3C)n2C1. The van der Waals surface area contributed by atoms with Crippen LogP contribution in [0.15, 0.2) is 33.9 Å². The van der Waals surface area contributed by atoms with E-state index < -0.39 is 0 Å². The van der Waals surface area contributed by atoms with Gasteiger partial charge in [-0.15, -0.1) is 0 Å². The summed E-state index contributed by atoms with van der Waals surface area (Å²) in [5, 5.41) is 0.665. The second-order valence-corrected chi connectivity index (χ2v) is 7.03. The van der Waals surface area contributed by atoms with Crippen LogP contribution >= 0.6 is 11.6 Å². The van der Waals surface area contributed by atoms with E-state index in [4.69, 9.17) is 11.6 Å². The van der Waals surface area contributed by atoms with Crippen LogP contribution in [0.1, 0.15) is 6.92 Å². The second-order valence-electron chi connectivity index (χ2n) is 6.59. The molecule has 0 N–H and O–H groups in total. The molecule has 0 saturated carbocycles. The maximum Gasteiger partial charge on any atom is 0.332 e. The molecule has 3 heterocycles. The maximum atomic E-state index is 12.7.